The fraction of sp³-hybridized carbons (Fsp3) is 0.423. The molecule has 0 saturated carbocycles. The molecule has 1 aromatic heterocycles. The maximum absolute atomic E-state index is 13.6. The van der Waals surface area contributed by atoms with Crippen molar-refractivity contribution in [3.63, 3.8) is 0 Å². The maximum atomic E-state index is 13.6. The molecule has 3 aromatic rings. The van der Waals surface area contributed by atoms with Crippen LogP contribution >= 0.6 is 0 Å². The highest BCUT2D eigenvalue weighted by Crippen LogP contribution is 2.40. The average molecular weight is 596 g/mol. The molecule has 42 heavy (non-hydrogen) atoms. The topological polar surface area (TPSA) is 269 Å². The van der Waals surface area contributed by atoms with Crippen molar-refractivity contribution in [1.82, 2.24) is 0 Å². The van der Waals surface area contributed by atoms with Gasteiger partial charge in [-0.3, -0.25) is 4.79 Å². The second-order valence-electron chi connectivity index (χ2n) is 9.79. The Bertz CT molecular complexity index is 1500. The summed E-state index contributed by atoms with van der Waals surface area (Å²) in [6.07, 6.45) is -14.7. The Morgan fingerprint density at radius 3 is 2.19 bits per heavy atom. The van der Waals surface area contributed by atoms with Gasteiger partial charge in [0.1, 0.15) is 65.2 Å². The molecule has 0 bridgehead atoms. The highest BCUT2D eigenvalue weighted by Gasteiger charge is 2.45. The SMILES string of the molecule is O=c1c(O[C@H]2OC[C@H](O)[C@@H](O)[C@H]2O)c(-c2ccc(O)c(O)c2)oc2cc(O[C@H]3O[C@H](CO)[C@H](O)[C@@H](O)[C@H]3O)cc(O)c12. The summed E-state index contributed by atoms with van der Waals surface area (Å²) in [4.78, 5) is 13.6. The van der Waals surface area contributed by atoms with Gasteiger partial charge in [0.05, 0.1) is 13.2 Å². The van der Waals surface area contributed by atoms with Gasteiger partial charge in [-0.05, 0) is 18.2 Å². The van der Waals surface area contributed by atoms with E-state index in [1.807, 2.05) is 0 Å². The zero-order chi connectivity index (χ0) is 30.5. The van der Waals surface area contributed by atoms with E-state index in [9.17, 15) is 55.9 Å². The summed E-state index contributed by atoms with van der Waals surface area (Å²) in [7, 11) is 0. The molecule has 0 amide bonds. The molecule has 0 radical (unpaired) electrons. The molecule has 16 heteroatoms. The number of aliphatic hydroxyl groups is 7. The van der Waals surface area contributed by atoms with Crippen LogP contribution in [0.3, 0.4) is 0 Å². The number of phenols is 3. The molecule has 2 saturated heterocycles. The average Bonchev–Trinajstić information content (AvgIpc) is 2.95. The third-order valence-electron chi connectivity index (χ3n) is 6.93. The number of benzene rings is 2. The fourth-order valence-corrected chi connectivity index (χ4v) is 4.59. The van der Waals surface area contributed by atoms with Gasteiger partial charge in [-0.2, -0.15) is 0 Å². The number of rotatable bonds is 6. The Kier molecular flexibility index (Phi) is 8.17. The molecule has 5 rings (SSSR count). The zero-order valence-electron chi connectivity index (χ0n) is 21.4. The lowest BCUT2D eigenvalue weighted by atomic mass is 9.99. The summed E-state index contributed by atoms with van der Waals surface area (Å²) in [6, 6.07) is 5.41. The molecule has 3 heterocycles. The lowest BCUT2D eigenvalue weighted by Crippen LogP contribution is -2.60. The number of hydrogen-bond donors (Lipinski definition) is 10. The van der Waals surface area contributed by atoms with E-state index in [0.29, 0.717) is 0 Å². The monoisotopic (exact) mass is 596 g/mol. The summed E-state index contributed by atoms with van der Waals surface area (Å²) >= 11 is 0. The second-order valence-corrected chi connectivity index (χ2v) is 9.79. The molecule has 2 fully saturated rings. The van der Waals surface area contributed by atoms with Crippen molar-refractivity contribution < 1.29 is 74.4 Å². The minimum Gasteiger partial charge on any atom is -0.507 e. The molecule has 0 spiro atoms. The third-order valence-corrected chi connectivity index (χ3v) is 6.93. The first-order chi connectivity index (χ1) is 19.9. The van der Waals surface area contributed by atoms with E-state index in [-0.39, 0.29) is 22.7 Å². The quantitative estimate of drug-likeness (QED) is 0.133. The Labute approximate surface area is 235 Å². The molecular formula is C26H28O16. The van der Waals surface area contributed by atoms with Gasteiger partial charge in [0.2, 0.25) is 23.8 Å². The van der Waals surface area contributed by atoms with Crippen molar-refractivity contribution in [3.8, 4) is 40.1 Å². The molecule has 2 aliphatic rings. The molecule has 228 valence electrons. The molecule has 2 aromatic carbocycles. The van der Waals surface area contributed by atoms with Crippen LogP contribution in [0.5, 0.6) is 28.7 Å². The van der Waals surface area contributed by atoms with Gasteiger partial charge in [-0.15, -0.1) is 0 Å². The third kappa shape index (κ3) is 5.31. The van der Waals surface area contributed by atoms with Crippen molar-refractivity contribution in [3.05, 3.63) is 40.6 Å². The van der Waals surface area contributed by atoms with Gasteiger partial charge in [0, 0.05) is 17.7 Å². The molecule has 2 aliphatic heterocycles. The molecule has 10 N–H and O–H groups in total. The molecule has 0 aliphatic carbocycles. The maximum Gasteiger partial charge on any atom is 0.239 e. The van der Waals surface area contributed by atoms with Gasteiger partial charge in [-0.25, -0.2) is 0 Å². The number of aromatic hydroxyl groups is 3. The summed E-state index contributed by atoms with van der Waals surface area (Å²) in [6.45, 7) is -1.18. The van der Waals surface area contributed by atoms with E-state index in [2.05, 4.69) is 0 Å². The predicted octanol–water partition coefficient (Wildman–Crippen LogP) is -2.43. The first-order valence-electron chi connectivity index (χ1n) is 12.6. The smallest absolute Gasteiger partial charge is 0.239 e. The van der Waals surface area contributed by atoms with Crippen LogP contribution in [0.25, 0.3) is 22.3 Å². The standard InChI is InChI=1S/C26H28O16/c27-6-15-18(33)20(35)22(37)26(41-15)39-9-4-12(30)16-14(5-9)40-23(8-1-2-10(28)11(29)3-8)24(19(16)34)42-25-21(36)17(32)13(31)7-38-25/h1-5,13,15,17-18,20-22,25-33,35-37H,6-7H2/t13-,15+,17+,18-,20+,21+,22+,25+,26-/m0/s1. The van der Waals surface area contributed by atoms with Crippen molar-refractivity contribution in [1.29, 1.82) is 0 Å². The molecule has 9 atom stereocenters. The van der Waals surface area contributed by atoms with Crippen LogP contribution < -0.4 is 14.9 Å². The number of aliphatic hydroxyl groups excluding tert-OH is 7. The van der Waals surface area contributed by atoms with E-state index in [1.54, 1.807) is 0 Å². The normalized spacial score (nSPS) is 31.6. The van der Waals surface area contributed by atoms with Crippen LogP contribution in [0.2, 0.25) is 0 Å². The van der Waals surface area contributed by atoms with E-state index >= 15 is 0 Å². The number of fused-ring (bicyclic) bond motifs is 1. The number of phenolic OH excluding ortho intramolecular Hbond substituents is 3. The Morgan fingerprint density at radius 1 is 0.786 bits per heavy atom. The van der Waals surface area contributed by atoms with Crippen LogP contribution in [0.1, 0.15) is 0 Å². The van der Waals surface area contributed by atoms with E-state index < -0.39 is 102 Å². The summed E-state index contributed by atoms with van der Waals surface area (Å²) in [5, 5.41) is 99.9. The highest BCUT2D eigenvalue weighted by molar-refractivity contribution is 5.88. The molecular weight excluding hydrogens is 568 g/mol. The van der Waals surface area contributed by atoms with Crippen molar-refractivity contribution in [2.75, 3.05) is 13.2 Å². The Hall–Kier alpha value is -3.71. The van der Waals surface area contributed by atoms with Crippen molar-refractivity contribution in [2.45, 2.75) is 55.3 Å². The zero-order valence-corrected chi connectivity index (χ0v) is 21.4. The minimum atomic E-state index is -1.81. The van der Waals surface area contributed by atoms with Crippen LogP contribution in [0, 0.1) is 0 Å². The molecule has 0 unspecified atom stereocenters. The van der Waals surface area contributed by atoms with Crippen LogP contribution in [0.15, 0.2) is 39.5 Å². The van der Waals surface area contributed by atoms with Gasteiger partial charge in [0.25, 0.3) is 0 Å². The van der Waals surface area contributed by atoms with E-state index in [0.717, 1.165) is 24.3 Å². The van der Waals surface area contributed by atoms with Crippen molar-refractivity contribution in [2.24, 2.45) is 0 Å². The molecule has 16 nitrogen and oxygen atoms in total. The van der Waals surface area contributed by atoms with Crippen LogP contribution in [-0.2, 0) is 9.47 Å². The largest absolute Gasteiger partial charge is 0.507 e. The van der Waals surface area contributed by atoms with Gasteiger partial charge in [-0.1, -0.05) is 0 Å². The Morgan fingerprint density at radius 2 is 1.50 bits per heavy atom. The minimum absolute atomic E-state index is 0.0232. The van der Waals surface area contributed by atoms with Crippen LogP contribution in [-0.4, -0.2) is 120 Å². The van der Waals surface area contributed by atoms with E-state index in [4.69, 9.17) is 23.4 Å². The fourth-order valence-electron chi connectivity index (χ4n) is 4.59. The predicted molar refractivity (Wildman–Crippen MR) is 136 cm³/mol. The first kappa shape index (κ1) is 29.8. The summed E-state index contributed by atoms with van der Waals surface area (Å²) in [5.74, 6) is -3.09. The Balaban J connectivity index is 1.59. The first-order valence-corrected chi connectivity index (χ1v) is 12.6. The van der Waals surface area contributed by atoms with Gasteiger partial charge in [0.15, 0.2) is 17.3 Å². The lowest BCUT2D eigenvalue weighted by Gasteiger charge is -2.39. The number of hydrogen-bond acceptors (Lipinski definition) is 16. The van der Waals surface area contributed by atoms with Crippen molar-refractivity contribution >= 4 is 11.0 Å². The second kappa shape index (κ2) is 11.5. The van der Waals surface area contributed by atoms with E-state index in [1.165, 1.54) is 6.07 Å². The van der Waals surface area contributed by atoms with Gasteiger partial charge < -0.3 is 74.4 Å². The summed E-state index contributed by atoms with van der Waals surface area (Å²) < 4.78 is 27.5. The van der Waals surface area contributed by atoms with Crippen LogP contribution in [0.4, 0.5) is 0 Å². The summed E-state index contributed by atoms with van der Waals surface area (Å²) in [5.41, 5.74) is -1.35. The number of ether oxygens (including phenoxy) is 4. The lowest BCUT2D eigenvalue weighted by molar-refractivity contribution is -0.277. The highest BCUT2D eigenvalue weighted by atomic mass is 16.7. The van der Waals surface area contributed by atoms with Gasteiger partial charge >= 0.3 is 0 Å².